The molecule has 0 unspecified atom stereocenters. The van der Waals surface area contributed by atoms with Crippen molar-refractivity contribution in [3.05, 3.63) is 34.9 Å². The van der Waals surface area contributed by atoms with Gasteiger partial charge in [-0.2, -0.15) is 5.10 Å². The molecule has 0 N–H and O–H groups in total. The number of hydrogen-bond acceptors (Lipinski definition) is 5. The van der Waals surface area contributed by atoms with E-state index in [1.807, 2.05) is 0 Å². The van der Waals surface area contributed by atoms with Crippen molar-refractivity contribution in [1.29, 1.82) is 0 Å². The van der Waals surface area contributed by atoms with Gasteiger partial charge in [-0.1, -0.05) is 16.8 Å². The molecule has 1 heterocycles. The van der Waals surface area contributed by atoms with Gasteiger partial charge in [-0.25, -0.2) is 9.80 Å². The largest absolute Gasteiger partial charge is 0.365 e. The van der Waals surface area contributed by atoms with Gasteiger partial charge in [0.05, 0.1) is 11.3 Å². The zero-order valence-corrected chi connectivity index (χ0v) is 11.0. The lowest BCUT2D eigenvalue weighted by Crippen LogP contribution is -2.24. The van der Waals surface area contributed by atoms with E-state index in [-0.39, 0.29) is 5.71 Å². The maximum absolute atomic E-state index is 11.7. The summed E-state index contributed by atoms with van der Waals surface area (Å²) in [6.45, 7) is 1.61. The molecule has 0 saturated heterocycles. The molecule has 6 nitrogen and oxygen atoms in total. The summed E-state index contributed by atoms with van der Waals surface area (Å²) in [6, 6.07) is 6.14. The van der Waals surface area contributed by atoms with Crippen molar-refractivity contribution in [1.82, 2.24) is 5.01 Å². The minimum atomic E-state index is -0.667. The Morgan fingerprint density at radius 3 is 2.53 bits per heavy atom. The van der Waals surface area contributed by atoms with Crippen LogP contribution >= 0.6 is 11.6 Å². The third-order valence-electron chi connectivity index (χ3n) is 2.44. The Labute approximate surface area is 114 Å². The van der Waals surface area contributed by atoms with E-state index in [1.165, 1.54) is 19.2 Å². The van der Waals surface area contributed by atoms with Crippen molar-refractivity contribution in [3.8, 4) is 0 Å². The molecule has 98 valence electrons. The molecule has 2 rings (SSSR count). The van der Waals surface area contributed by atoms with Crippen LogP contribution in [0.1, 0.15) is 17.3 Å². The molecular weight excluding hydrogens is 270 g/mol. The average molecular weight is 280 g/mol. The van der Waals surface area contributed by atoms with Gasteiger partial charge in [0.25, 0.3) is 5.91 Å². The van der Waals surface area contributed by atoms with Gasteiger partial charge in [-0.15, -0.1) is 0 Å². The highest BCUT2D eigenvalue weighted by Gasteiger charge is 2.27. The van der Waals surface area contributed by atoms with E-state index in [9.17, 15) is 9.59 Å². The molecule has 0 spiro atoms. The molecule has 1 aromatic carbocycles. The lowest BCUT2D eigenvalue weighted by molar-refractivity contribution is -0.122. The zero-order valence-electron chi connectivity index (χ0n) is 10.3. The number of carbonyl (C=O) groups excluding carboxylic acids is 2. The molecule has 0 aliphatic carbocycles. The van der Waals surface area contributed by atoms with Gasteiger partial charge in [0, 0.05) is 12.1 Å². The number of oxime groups is 1. The molecule has 0 radical (unpaired) electrons. The number of carbonyl (C=O) groups is 2. The van der Waals surface area contributed by atoms with Crippen LogP contribution in [0.3, 0.4) is 0 Å². The van der Waals surface area contributed by atoms with Crippen molar-refractivity contribution in [2.75, 3.05) is 7.05 Å². The van der Waals surface area contributed by atoms with Crippen LogP contribution in [0.5, 0.6) is 0 Å². The molecule has 1 aliphatic heterocycles. The SMILES string of the molecule is CC1=NN(C)C(=O)/C1=N/OC(=O)c1ccc(Cl)cc1. The second-order valence-corrected chi connectivity index (χ2v) is 4.28. The molecule has 0 atom stereocenters. The van der Waals surface area contributed by atoms with E-state index >= 15 is 0 Å². The first-order chi connectivity index (χ1) is 8.99. The number of hydrazone groups is 1. The van der Waals surface area contributed by atoms with Crippen LogP contribution in [-0.4, -0.2) is 35.4 Å². The standard InChI is InChI=1S/C12H10ClN3O3/c1-7-10(11(17)16(2)14-7)15-19-12(18)8-3-5-9(13)6-4-8/h3-6H,1-2H3/b15-10+. The summed E-state index contributed by atoms with van der Waals surface area (Å²) >= 11 is 5.71. The number of nitrogens with zero attached hydrogens (tertiary/aromatic N) is 3. The van der Waals surface area contributed by atoms with E-state index in [0.717, 1.165) is 5.01 Å². The Kier molecular flexibility index (Phi) is 3.62. The first-order valence-electron chi connectivity index (χ1n) is 5.37. The molecule has 0 fully saturated rings. The molecule has 1 aliphatic rings. The number of hydrogen-bond donors (Lipinski definition) is 0. The maximum atomic E-state index is 11.7. The van der Waals surface area contributed by atoms with E-state index in [1.54, 1.807) is 19.1 Å². The summed E-state index contributed by atoms with van der Waals surface area (Å²) in [6.07, 6.45) is 0. The highest BCUT2D eigenvalue weighted by molar-refractivity contribution is 6.68. The van der Waals surface area contributed by atoms with Gasteiger partial charge in [0.2, 0.25) is 0 Å². The van der Waals surface area contributed by atoms with E-state index < -0.39 is 11.9 Å². The van der Waals surface area contributed by atoms with Crippen molar-refractivity contribution in [3.63, 3.8) is 0 Å². The second-order valence-electron chi connectivity index (χ2n) is 3.84. The minimum absolute atomic E-state index is 0.0183. The number of rotatable bonds is 2. The monoisotopic (exact) mass is 279 g/mol. The Morgan fingerprint density at radius 1 is 1.37 bits per heavy atom. The summed E-state index contributed by atoms with van der Waals surface area (Å²) in [7, 11) is 1.50. The van der Waals surface area contributed by atoms with Crippen molar-refractivity contribution >= 4 is 34.9 Å². The molecule has 7 heteroatoms. The van der Waals surface area contributed by atoms with Crippen LogP contribution in [0, 0.1) is 0 Å². The summed E-state index contributed by atoms with van der Waals surface area (Å²) in [5, 5.41) is 9.06. The van der Waals surface area contributed by atoms with Gasteiger partial charge >= 0.3 is 5.97 Å². The maximum Gasteiger partial charge on any atom is 0.365 e. The molecule has 0 aromatic heterocycles. The van der Waals surface area contributed by atoms with E-state index in [4.69, 9.17) is 16.4 Å². The van der Waals surface area contributed by atoms with Crippen LogP contribution in [0.15, 0.2) is 34.5 Å². The summed E-state index contributed by atoms with van der Waals surface area (Å²) in [5.74, 6) is -1.08. The van der Waals surface area contributed by atoms with Gasteiger partial charge in [-0.05, 0) is 31.2 Å². The summed E-state index contributed by atoms with van der Waals surface area (Å²) < 4.78 is 0. The van der Waals surface area contributed by atoms with Gasteiger partial charge in [0.15, 0.2) is 5.71 Å². The fourth-order valence-electron chi connectivity index (χ4n) is 1.46. The first kappa shape index (κ1) is 13.2. The molecule has 0 saturated carbocycles. The molecule has 0 bridgehead atoms. The van der Waals surface area contributed by atoms with E-state index in [0.29, 0.717) is 16.3 Å². The summed E-state index contributed by atoms with van der Waals surface area (Å²) in [5.41, 5.74) is 0.711. The Morgan fingerprint density at radius 2 is 2.00 bits per heavy atom. The van der Waals surface area contributed by atoms with Gasteiger partial charge in [-0.3, -0.25) is 4.79 Å². The van der Waals surface area contributed by atoms with Crippen LogP contribution in [0.25, 0.3) is 0 Å². The molecule has 1 aromatic rings. The predicted octanol–water partition coefficient (Wildman–Crippen LogP) is 1.70. The third-order valence-corrected chi connectivity index (χ3v) is 2.69. The first-order valence-corrected chi connectivity index (χ1v) is 5.75. The highest BCUT2D eigenvalue weighted by Crippen LogP contribution is 2.11. The number of amides is 1. The quantitative estimate of drug-likeness (QED) is 0.611. The van der Waals surface area contributed by atoms with Gasteiger partial charge in [0.1, 0.15) is 0 Å². The Balaban J connectivity index is 2.11. The van der Waals surface area contributed by atoms with Crippen LogP contribution in [-0.2, 0) is 9.63 Å². The van der Waals surface area contributed by atoms with Crippen LogP contribution in [0.4, 0.5) is 0 Å². The number of halogens is 1. The fraction of sp³-hybridized carbons (Fsp3) is 0.167. The summed E-state index contributed by atoms with van der Waals surface area (Å²) in [4.78, 5) is 28.0. The molecular formula is C12H10ClN3O3. The fourth-order valence-corrected chi connectivity index (χ4v) is 1.58. The predicted molar refractivity (Wildman–Crippen MR) is 70.2 cm³/mol. The van der Waals surface area contributed by atoms with Crippen LogP contribution in [0.2, 0.25) is 5.02 Å². The molecule has 19 heavy (non-hydrogen) atoms. The average Bonchev–Trinajstić information content (AvgIpc) is 2.62. The van der Waals surface area contributed by atoms with Crippen molar-refractivity contribution in [2.45, 2.75) is 6.92 Å². The van der Waals surface area contributed by atoms with Gasteiger partial charge < -0.3 is 4.84 Å². The molecule has 1 amide bonds. The second kappa shape index (κ2) is 5.19. The third kappa shape index (κ3) is 2.79. The number of benzene rings is 1. The smallest absolute Gasteiger partial charge is 0.312 e. The normalized spacial score (nSPS) is 16.8. The minimum Gasteiger partial charge on any atom is -0.312 e. The Hall–Kier alpha value is -2.21. The van der Waals surface area contributed by atoms with Crippen molar-refractivity contribution < 1.29 is 14.4 Å². The van der Waals surface area contributed by atoms with E-state index in [2.05, 4.69) is 10.3 Å². The zero-order chi connectivity index (χ0) is 14.0. The lowest BCUT2D eigenvalue weighted by Gasteiger charge is -2.01. The highest BCUT2D eigenvalue weighted by atomic mass is 35.5. The lowest BCUT2D eigenvalue weighted by atomic mass is 10.2. The van der Waals surface area contributed by atoms with Crippen molar-refractivity contribution in [2.24, 2.45) is 10.3 Å². The Bertz CT molecular complexity index is 593. The van der Waals surface area contributed by atoms with Crippen LogP contribution < -0.4 is 0 Å². The topological polar surface area (TPSA) is 71.3 Å².